The molecule has 0 aliphatic rings. The van der Waals surface area contributed by atoms with Crippen LogP contribution in [-0.4, -0.2) is 53.2 Å². The van der Waals surface area contributed by atoms with Crippen LogP contribution in [0.1, 0.15) is 25.0 Å². The topological polar surface area (TPSA) is 60.6 Å². The molecule has 0 saturated heterocycles. The van der Waals surface area contributed by atoms with Gasteiger partial charge in [0.15, 0.2) is 5.11 Å². The molecule has 0 aliphatic heterocycles. The highest BCUT2D eigenvalue weighted by molar-refractivity contribution is 7.80. The summed E-state index contributed by atoms with van der Waals surface area (Å²) in [6, 6.07) is 15.6. The second-order valence-electron chi connectivity index (χ2n) is 7.77. The van der Waals surface area contributed by atoms with E-state index in [-0.39, 0.29) is 5.56 Å². The zero-order valence-corrected chi connectivity index (χ0v) is 20.1. The SMILES string of the molecule is CCN(CC)CCN(Cc1cc2cccc(C)c2[nH]c1=O)C(=S)Nc1ccc(OC)cc1. The van der Waals surface area contributed by atoms with Crippen molar-refractivity contribution in [2.75, 3.05) is 38.6 Å². The van der Waals surface area contributed by atoms with E-state index in [0.29, 0.717) is 17.2 Å². The summed E-state index contributed by atoms with van der Waals surface area (Å²) in [5.74, 6) is 0.790. The monoisotopic (exact) mass is 452 g/mol. The highest BCUT2D eigenvalue weighted by Gasteiger charge is 2.15. The summed E-state index contributed by atoms with van der Waals surface area (Å²) in [5, 5.41) is 4.92. The van der Waals surface area contributed by atoms with Gasteiger partial charge in [0, 0.05) is 24.3 Å². The lowest BCUT2D eigenvalue weighted by molar-refractivity contribution is 0.266. The van der Waals surface area contributed by atoms with E-state index in [2.05, 4.69) is 33.9 Å². The first-order valence-corrected chi connectivity index (χ1v) is 11.4. The number of nitrogens with zero attached hydrogens (tertiary/aromatic N) is 2. The van der Waals surface area contributed by atoms with Gasteiger partial charge in [-0.3, -0.25) is 4.79 Å². The van der Waals surface area contributed by atoms with Crippen molar-refractivity contribution in [3.05, 3.63) is 70.0 Å². The minimum absolute atomic E-state index is 0.0770. The maximum atomic E-state index is 12.9. The van der Waals surface area contributed by atoms with Crippen molar-refractivity contribution >= 4 is 33.9 Å². The third-order valence-corrected chi connectivity index (χ3v) is 6.10. The summed E-state index contributed by atoms with van der Waals surface area (Å²) in [6.45, 7) is 10.3. The van der Waals surface area contributed by atoms with Crippen LogP contribution < -0.4 is 15.6 Å². The van der Waals surface area contributed by atoms with Crippen molar-refractivity contribution in [3.8, 4) is 5.75 Å². The highest BCUT2D eigenvalue weighted by atomic mass is 32.1. The van der Waals surface area contributed by atoms with Crippen LogP contribution in [0, 0.1) is 6.92 Å². The number of para-hydroxylation sites is 1. The quantitative estimate of drug-likeness (QED) is 0.470. The molecule has 1 heterocycles. The Bertz CT molecular complexity index is 1110. The molecule has 32 heavy (non-hydrogen) atoms. The molecule has 3 aromatic rings. The summed E-state index contributed by atoms with van der Waals surface area (Å²) in [5.41, 5.74) is 3.44. The number of thiocarbonyl (C=S) groups is 1. The average molecular weight is 453 g/mol. The van der Waals surface area contributed by atoms with Gasteiger partial charge in [0.05, 0.1) is 19.2 Å². The molecule has 0 unspecified atom stereocenters. The first kappa shape index (κ1) is 23.8. The normalized spacial score (nSPS) is 11.0. The fraction of sp³-hybridized carbons (Fsp3) is 0.360. The Morgan fingerprint density at radius 2 is 1.81 bits per heavy atom. The number of aryl methyl sites for hydroxylation is 1. The van der Waals surface area contributed by atoms with Gasteiger partial charge in [-0.2, -0.15) is 0 Å². The number of nitrogens with one attached hydrogen (secondary N) is 2. The minimum Gasteiger partial charge on any atom is -0.497 e. The van der Waals surface area contributed by atoms with Gasteiger partial charge in [0.2, 0.25) is 0 Å². The Kier molecular flexibility index (Phi) is 8.25. The third kappa shape index (κ3) is 5.87. The average Bonchev–Trinajstić information content (AvgIpc) is 2.80. The van der Waals surface area contributed by atoms with Crippen molar-refractivity contribution in [2.24, 2.45) is 0 Å². The number of pyridine rings is 1. The summed E-state index contributed by atoms with van der Waals surface area (Å²) in [4.78, 5) is 20.3. The lowest BCUT2D eigenvalue weighted by atomic mass is 10.1. The number of hydrogen-bond donors (Lipinski definition) is 2. The maximum absolute atomic E-state index is 12.9. The second kappa shape index (κ2) is 11.1. The minimum atomic E-state index is -0.0770. The van der Waals surface area contributed by atoms with Gasteiger partial charge < -0.3 is 24.8 Å². The highest BCUT2D eigenvalue weighted by Crippen LogP contribution is 2.18. The summed E-state index contributed by atoms with van der Waals surface area (Å²) in [7, 11) is 1.64. The smallest absolute Gasteiger partial charge is 0.253 e. The number of likely N-dealkylation sites (N-methyl/N-ethyl adjacent to an activating group) is 1. The molecule has 1 aromatic heterocycles. The number of benzene rings is 2. The Morgan fingerprint density at radius 3 is 2.47 bits per heavy atom. The van der Waals surface area contributed by atoms with E-state index in [0.717, 1.165) is 54.1 Å². The Labute approximate surface area is 195 Å². The van der Waals surface area contributed by atoms with Gasteiger partial charge >= 0.3 is 0 Å². The summed E-state index contributed by atoms with van der Waals surface area (Å²) < 4.78 is 5.23. The van der Waals surface area contributed by atoms with Crippen LogP contribution in [0.2, 0.25) is 0 Å². The van der Waals surface area contributed by atoms with Crippen molar-refractivity contribution in [1.29, 1.82) is 0 Å². The van der Waals surface area contributed by atoms with Crippen LogP contribution in [-0.2, 0) is 6.54 Å². The number of ether oxygens (including phenoxy) is 1. The Balaban J connectivity index is 1.84. The lowest BCUT2D eigenvalue weighted by Gasteiger charge is -2.29. The van der Waals surface area contributed by atoms with E-state index < -0.39 is 0 Å². The van der Waals surface area contributed by atoms with Crippen molar-refractivity contribution in [3.63, 3.8) is 0 Å². The first-order chi connectivity index (χ1) is 15.4. The fourth-order valence-corrected chi connectivity index (χ4v) is 3.96. The van der Waals surface area contributed by atoms with Crippen LogP contribution in [0.4, 0.5) is 5.69 Å². The number of rotatable bonds is 9. The van der Waals surface area contributed by atoms with E-state index >= 15 is 0 Å². The molecule has 2 aromatic carbocycles. The van der Waals surface area contributed by atoms with Gasteiger partial charge in [-0.15, -0.1) is 0 Å². The van der Waals surface area contributed by atoms with Crippen molar-refractivity contribution < 1.29 is 4.74 Å². The summed E-state index contributed by atoms with van der Waals surface area (Å²) in [6.07, 6.45) is 0. The first-order valence-electron chi connectivity index (χ1n) is 11.0. The molecule has 0 fully saturated rings. The van der Waals surface area contributed by atoms with Crippen LogP contribution >= 0.6 is 12.2 Å². The molecule has 0 atom stereocenters. The zero-order valence-electron chi connectivity index (χ0n) is 19.3. The number of aromatic nitrogens is 1. The number of H-pyrrole nitrogens is 1. The van der Waals surface area contributed by atoms with Crippen LogP contribution in [0.25, 0.3) is 10.9 Å². The molecular formula is C25H32N4O2S. The maximum Gasteiger partial charge on any atom is 0.253 e. The van der Waals surface area contributed by atoms with E-state index in [9.17, 15) is 4.79 Å². The number of anilines is 1. The van der Waals surface area contributed by atoms with Crippen molar-refractivity contribution in [1.82, 2.24) is 14.8 Å². The van der Waals surface area contributed by atoms with Crippen molar-refractivity contribution in [2.45, 2.75) is 27.3 Å². The van der Waals surface area contributed by atoms with E-state index in [1.807, 2.05) is 55.5 Å². The molecule has 0 spiro atoms. The van der Waals surface area contributed by atoms with E-state index in [4.69, 9.17) is 17.0 Å². The zero-order chi connectivity index (χ0) is 23.1. The molecule has 6 nitrogen and oxygen atoms in total. The molecule has 0 bridgehead atoms. The molecule has 0 radical (unpaired) electrons. The molecule has 170 valence electrons. The molecule has 3 rings (SSSR count). The number of fused-ring (bicyclic) bond motifs is 1. The predicted molar refractivity (Wildman–Crippen MR) is 137 cm³/mol. The van der Waals surface area contributed by atoms with Gasteiger partial charge in [-0.25, -0.2) is 0 Å². The lowest BCUT2D eigenvalue weighted by Crippen LogP contribution is -2.41. The van der Waals surface area contributed by atoms with Crippen LogP contribution in [0.15, 0.2) is 53.3 Å². The second-order valence-corrected chi connectivity index (χ2v) is 8.16. The molecule has 0 aliphatic carbocycles. The molecular weight excluding hydrogens is 420 g/mol. The molecule has 7 heteroatoms. The number of methoxy groups -OCH3 is 1. The number of hydrogen-bond acceptors (Lipinski definition) is 4. The predicted octanol–water partition coefficient (Wildman–Crippen LogP) is 4.39. The summed E-state index contributed by atoms with van der Waals surface area (Å²) >= 11 is 5.76. The largest absolute Gasteiger partial charge is 0.497 e. The van der Waals surface area contributed by atoms with E-state index in [1.54, 1.807) is 7.11 Å². The molecule has 2 N–H and O–H groups in total. The van der Waals surface area contributed by atoms with Gasteiger partial charge in [0.1, 0.15) is 5.75 Å². The van der Waals surface area contributed by atoms with Gasteiger partial charge in [-0.1, -0.05) is 32.0 Å². The standard InChI is InChI=1S/C25H32N4O2S/c1-5-28(6-2)14-15-29(25(32)26-21-10-12-22(31-4)13-11-21)17-20-16-19-9-7-8-18(3)23(19)27-24(20)30/h7-13,16H,5-6,14-15,17H2,1-4H3,(H,26,32)(H,27,30). The Hall–Kier alpha value is -2.90. The van der Waals surface area contributed by atoms with Gasteiger partial charge in [-0.05, 0) is 73.5 Å². The molecule has 0 saturated carbocycles. The molecule has 0 amide bonds. The third-order valence-electron chi connectivity index (χ3n) is 5.74. The Morgan fingerprint density at radius 1 is 1.09 bits per heavy atom. The number of aromatic amines is 1. The van der Waals surface area contributed by atoms with Gasteiger partial charge in [0.25, 0.3) is 5.56 Å². The van der Waals surface area contributed by atoms with E-state index in [1.165, 1.54) is 0 Å². The van der Waals surface area contributed by atoms with Crippen LogP contribution in [0.5, 0.6) is 5.75 Å². The van der Waals surface area contributed by atoms with Crippen LogP contribution in [0.3, 0.4) is 0 Å². The fourth-order valence-electron chi connectivity index (χ4n) is 3.68.